The number of carbonyl (C=O) groups excluding carboxylic acids is 2. The molecule has 0 aromatic carbocycles. The number of carbonyl (C=O) groups is 2. The number of rotatable bonds is 5. The van der Waals surface area contributed by atoms with Crippen molar-refractivity contribution in [3.63, 3.8) is 0 Å². The van der Waals surface area contributed by atoms with E-state index < -0.39 is 0 Å². The predicted octanol–water partition coefficient (Wildman–Crippen LogP) is 1.07. The molecule has 2 unspecified atom stereocenters. The molecule has 2 aliphatic rings. The van der Waals surface area contributed by atoms with Gasteiger partial charge in [0.15, 0.2) is 0 Å². The van der Waals surface area contributed by atoms with Crippen LogP contribution in [0.3, 0.4) is 0 Å². The summed E-state index contributed by atoms with van der Waals surface area (Å²) in [7, 11) is 1.42. The molecule has 1 heterocycles. The van der Waals surface area contributed by atoms with Crippen LogP contribution in [0, 0.1) is 0 Å². The normalized spacial score (nSPS) is 25.7. The maximum absolute atomic E-state index is 12.1. The number of nitrogens with zero attached hydrogens (tertiary/aromatic N) is 1. The highest BCUT2D eigenvalue weighted by Crippen LogP contribution is 2.24. The molecule has 1 N–H and O–H groups in total. The van der Waals surface area contributed by atoms with Crippen molar-refractivity contribution < 1.29 is 14.3 Å². The van der Waals surface area contributed by atoms with E-state index >= 15 is 0 Å². The van der Waals surface area contributed by atoms with Crippen molar-refractivity contribution in [1.29, 1.82) is 0 Å². The lowest BCUT2D eigenvalue weighted by atomic mass is 9.97. The first-order valence-electron chi connectivity index (χ1n) is 7.24. The van der Waals surface area contributed by atoms with Gasteiger partial charge in [-0.2, -0.15) is 0 Å². The van der Waals surface area contributed by atoms with Gasteiger partial charge in [-0.3, -0.25) is 14.5 Å². The summed E-state index contributed by atoms with van der Waals surface area (Å²) in [6.07, 6.45) is 5.77. The van der Waals surface area contributed by atoms with E-state index in [9.17, 15) is 9.59 Å². The molecular weight excluding hydrogens is 244 g/mol. The first-order valence-corrected chi connectivity index (χ1v) is 7.24. The highest BCUT2D eigenvalue weighted by Gasteiger charge is 2.33. The van der Waals surface area contributed by atoms with Gasteiger partial charge in [0.2, 0.25) is 5.91 Å². The Kier molecular flexibility index (Phi) is 4.80. The second-order valence-corrected chi connectivity index (χ2v) is 5.63. The minimum absolute atomic E-state index is 0.0965. The quantitative estimate of drug-likeness (QED) is 0.758. The fraction of sp³-hybridized carbons (Fsp3) is 0.857. The highest BCUT2D eigenvalue weighted by molar-refractivity contribution is 5.82. The van der Waals surface area contributed by atoms with Crippen molar-refractivity contribution in [1.82, 2.24) is 10.2 Å². The van der Waals surface area contributed by atoms with Crippen LogP contribution < -0.4 is 5.32 Å². The third kappa shape index (κ3) is 3.93. The Labute approximate surface area is 114 Å². The molecule has 2 fully saturated rings. The van der Waals surface area contributed by atoms with Gasteiger partial charge >= 0.3 is 5.97 Å². The van der Waals surface area contributed by atoms with E-state index in [0.29, 0.717) is 12.5 Å². The monoisotopic (exact) mass is 268 g/mol. The molecule has 108 valence electrons. The number of likely N-dealkylation sites (tertiary alicyclic amines) is 1. The van der Waals surface area contributed by atoms with Gasteiger partial charge in [0.1, 0.15) is 0 Å². The Morgan fingerprint density at radius 3 is 2.68 bits per heavy atom. The molecule has 1 saturated heterocycles. The van der Waals surface area contributed by atoms with Crippen molar-refractivity contribution in [2.24, 2.45) is 0 Å². The zero-order valence-corrected chi connectivity index (χ0v) is 11.9. The summed E-state index contributed by atoms with van der Waals surface area (Å²) >= 11 is 0. The molecular formula is C14H24N2O3. The molecule has 1 aliphatic heterocycles. The summed E-state index contributed by atoms with van der Waals surface area (Å²) in [5, 5.41) is 3.04. The van der Waals surface area contributed by atoms with Gasteiger partial charge in [0.05, 0.1) is 19.6 Å². The van der Waals surface area contributed by atoms with Gasteiger partial charge in [-0.1, -0.05) is 6.42 Å². The third-order valence-electron chi connectivity index (χ3n) is 4.10. The second-order valence-electron chi connectivity index (χ2n) is 5.63. The lowest BCUT2D eigenvalue weighted by molar-refractivity contribution is -0.143. The van der Waals surface area contributed by atoms with E-state index in [4.69, 9.17) is 4.74 Å². The van der Waals surface area contributed by atoms with Crippen molar-refractivity contribution in [2.45, 2.75) is 63.6 Å². The number of methoxy groups -OCH3 is 1. The second kappa shape index (κ2) is 6.37. The molecule has 5 heteroatoms. The maximum Gasteiger partial charge on any atom is 0.307 e. The summed E-state index contributed by atoms with van der Waals surface area (Å²) in [5.41, 5.74) is 0. The third-order valence-corrected chi connectivity index (χ3v) is 4.10. The van der Waals surface area contributed by atoms with Crippen LogP contribution in [0.5, 0.6) is 0 Å². The molecule has 5 nitrogen and oxygen atoms in total. The van der Waals surface area contributed by atoms with Crippen molar-refractivity contribution in [2.75, 3.05) is 13.7 Å². The first kappa shape index (κ1) is 14.3. The molecule has 1 amide bonds. The molecule has 19 heavy (non-hydrogen) atoms. The minimum atomic E-state index is -0.188. The smallest absolute Gasteiger partial charge is 0.307 e. The van der Waals surface area contributed by atoms with Gasteiger partial charge in [0.25, 0.3) is 0 Å². The van der Waals surface area contributed by atoms with E-state index in [1.165, 1.54) is 7.11 Å². The Morgan fingerprint density at radius 1 is 1.32 bits per heavy atom. The fourth-order valence-electron chi connectivity index (χ4n) is 2.73. The molecule has 2 atom stereocenters. The largest absolute Gasteiger partial charge is 0.469 e. The zero-order chi connectivity index (χ0) is 13.8. The van der Waals surface area contributed by atoms with Crippen LogP contribution in [-0.2, 0) is 14.3 Å². The van der Waals surface area contributed by atoms with Gasteiger partial charge in [-0.15, -0.1) is 0 Å². The standard InChI is InChI=1S/C14H24N2O3/c1-10(14(18)15-11-6-7-11)16-8-4-3-5-12(16)9-13(17)19-2/h10-12H,3-9H2,1-2H3,(H,15,18). The molecule has 0 aromatic heterocycles. The summed E-state index contributed by atoms with van der Waals surface area (Å²) in [6.45, 7) is 2.83. The summed E-state index contributed by atoms with van der Waals surface area (Å²) in [5.74, 6) is -0.0917. The van der Waals surface area contributed by atoms with Crippen LogP contribution in [0.1, 0.15) is 45.4 Å². The Balaban J connectivity index is 1.92. The van der Waals surface area contributed by atoms with Crippen LogP contribution in [0.25, 0.3) is 0 Å². The van der Waals surface area contributed by atoms with Crippen LogP contribution in [-0.4, -0.2) is 48.6 Å². The molecule has 0 aromatic rings. The van der Waals surface area contributed by atoms with Gasteiger partial charge in [-0.05, 0) is 39.2 Å². The van der Waals surface area contributed by atoms with Crippen LogP contribution in [0.4, 0.5) is 0 Å². The summed E-state index contributed by atoms with van der Waals surface area (Å²) in [4.78, 5) is 25.7. The van der Waals surface area contributed by atoms with Crippen LogP contribution in [0.2, 0.25) is 0 Å². The average Bonchev–Trinajstić information content (AvgIpc) is 3.22. The molecule has 0 spiro atoms. The van der Waals surface area contributed by atoms with Crippen molar-refractivity contribution in [3.8, 4) is 0 Å². The number of nitrogens with one attached hydrogen (secondary N) is 1. The Morgan fingerprint density at radius 2 is 2.05 bits per heavy atom. The summed E-state index contributed by atoms with van der Waals surface area (Å²) < 4.78 is 4.75. The number of hydrogen-bond acceptors (Lipinski definition) is 4. The lowest BCUT2D eigenvalue weighted by Gasteiger charge is -2.38. The lowest BCUT2D eigenvalue weighted by Crippen LogP contribution is -2.52. The predicted molar refractivity (Wildman–Crippen MR) is 71.6 cm³/mol. The number of esters is 1. The summed E-state index contributed by atoms with van der Waals surface area (Å²) in [6, 6.07) is 0.371. The number of ether oxygens (including phenoxy) is 1. The average molecular weight is 268 g/mol. The van der Waals surface area contributed by atoms with Crippen LogP contribution in [0.15, 0.2) is 0 Å². The molecule has 0 bridgehead atoms. The van der Waals surface area contributed by atoms with E-state index in [0.717, 1.165) is 38.6 Å². The van der Waals surface area contributed by atoms with Crippen LogP contribution >= 0.6 is 0 Å². The maximum atomic E-state index is 12.1. The molecule has 1 saturated carbocycles. The van der Waals surface area contributed by atoms with E-state index in [2.05, 4.69) is 10.2 Å². The van der Waals surface area contributed by atoms with Gasteiger partial charge in [-0.25, -0.2) is 0 Å². The Bertz CT molecular complexity index is 342. The van der Waals surface area contributed by atoms with Gasteiger partial charge < -0.3 is 10.1 Å². The number of hydrogen-bond donors (Lipinski definition) is 1. The fourth-order valence-corrected chi connectivity index (χ4v) is 2.73. The Hall–Kier alpha value is -1.10. The molecule has 2 rings (SSSR count). The molecule has 0 radical (unpaired) electrons. The van der Waals surface area contributed by atoms with E-state index in [1.54, 1.807) is 0 Å². The number of amides is 1. The molecule has 1 aliphatic carbocycles. The zero-order valence-electron chi connectivity index (χ0n) is 11.9. The first-order chi connectivity index (χ1) is 9.11. The van der Waals surface area contributed by atoms with E-state index in [-0.39, 0.29) is 24.0 Å². The van der Waals surface area contributed by atoms with Gasteiger partial charge in [0, 0.05) is 12.1 Å². The number of piperidine rings is 1. The van der Waals surface area contributed by atoms with E-state index in [1.807, 2.05) is 6.92 Å². The topological polar surface area (TPSA) is 58.6 Å². The minimum Gasteiger partial charge on any atom is -0.469 e. The highest BCUT2D eigenvalue weighted by atomic mass is 16.5. The SMILES string of the molecule is COC(=O)CC1CCCCN1C(C)C(=O)NC1CC1. The van der Waals surface area contributed by atoms with Crippen molar-refractivity contribution >= 4 is 11.9 Å². The van der Waals surface area contributed by atoms with Crippen molar-refractivity contribution in [3.05, 3.63) is 0 Å².